The highest BCUT2D eigenvalue weighted by Gasteiger charge is 2.05. The van der Waals surface area contributed by atoms with Crippen molar-refractivity contribution in [3.05, 3.63) is 0 Å². The second-order valence-electron chi connectivity index (χ2n) is 12.9. The van der Waals surface area contributed by atoms with E-state index in [0.717, 1.165) is 6.54 Å². The van der Waals surface area contributed by atoms with Crippen LogP contribution in [0.3, 0.4) is 0 Å². The predicted octanol–water partition coefficient (Wildman–Crippen LogP) is 10.8. The molecular formula is C38H82N2O2. The summed E-state index contributed by atoms with van der Waals surface area (Å²) < 4.78 is 0. The molecule has 0 saturated heterocycles. The van der Waals surface area contributed by atoms with Crippen molar-refractivity contribution >= 4 is 0 Å². The molecule has 0 aromatic rings. The monoisotopic (exact) mass is 599 g/mol. The van der Waals surface area contributed by atoms with Gasteiger partial charge in [-0.1, -0.05) is 169 Å². The molecule has 0 saturated carbocycles. The Morgan fingerprint density at radius 3 is 0.690 bits per heavy atom. The van der Waals surface area contributed by atoms with Gasteiger partial charge in [0.25, 0.3) is 0 Å². The fourth-order valence-corrected chi connectivity index (χ4v) is 5.77. The maximum atomic E-state index is 8.90. The highest BCUT2D eigenvalue weighted by Crippen LogP contribution is 2.12. The molecule has 256 valence electrons. The van der Waals surface area contributed by atoms with Gasteiger partial charge < -0.3 is 15.1 Å². The number of rotatable bonds is 34. The van der Waals surface area contributed by atoms with E-state index in [1.807, 2.05) is 0 Å². The molecule has 0 aliphatic carbocycles. The van der Waals surface area contributed by atoms with Gasteiger partial charge in [0.1, 0.15) is 0 Å². The van der Waals surface area contributed by atoms with Crippen molar-refractivity contribution in [1.82, 2.24) is 9.80 Å². The second kappa shape index (κ2) is 40.8. The Hall–Kier alpha value is -0.160. The van der Waals surface area contributed by atoms with Crippen molar-refractivity contribution in [1.29, 1.82) is 0 Å². The number of aliphatic hydroxyl groups excluding tert-OH is 2. The number of hydrogen-bond donors (Lipinski definition) is 2. The average molecular weight is 599 g/mol. The zero-order chi connectivity index (χ0) is 31.2. The van der Waals surface area contributed by atoms with Gasteiger partial charge in [-0.2, -0.15) is 0 Å². The molecule has 0 aliphatic rings. The lowest BCUT2D eigenvalue weighted by Crippen LogP contribution is -2.30. The van der Waals surface area contributed by atoms with E-state index in [2.05, 4.69) is 37.5 Å². The molecule has 0 aromatic carbocycles. The van der Waals surface area contributed by atoms with Crippen molar-refractivity contribution in [2.24, 2.45) is 0 Å². The van der Waals surface area contributed by atoms with Crippen molar-refractivity contribution in [2.45, 2.75) is 195 Å². The molecule has 42 heavy (non-hydrogen) atoms. The molecule has 0 fully saturated rings. The van der Waals surface area contributed by atoms with Gasteiger partial charge in [-0.25, -0.2) is 0 Å². The topological polar surface area (TPSA) is 46.9 Å². The van der Waals surface area contributed by atoms with Gasteiger partial charge in [0.2, 0.25) is 0 Å². The Labute approximate surface area is 266 Å². The molecule has 0 unspecified atom stereocenters. The van der Waals surface area contributed by atoms with E-state index in [1.165, 1.54) is 187 Å². The van der Waals surface area contributed by atoms with E-state index in [1.54, 1.807) is 0 Å². The molecule has 0 radical (unpaired) electrons. The maximum Gasteiger partial charge on any atom is 0.0558 e. The molecule has 0 atom stereocenters. The molecule has 2 N–H and O–H groups in total. The van der Waals surface area contributed by atoms with E-state index >= 15 is 0 Å². The SMILES string of the molecule is CCCCCCCCCCCCN(CCO)CCO.CCCCCCCCN(CCCCCC)CCCCCCCC. The zero-order valence-corrected chi connectivity index (χ0v) is 29.8. The van der Waals surface area contributed by atoms with Gasteiger partial charge in [0, 0.05) is 13.1 Å². The van der Waals surface area contributed by atoms with E-state index in [9.17, 15) is 0 Å². The van der Waals surface area contributed by atoms with Gasteiger partial charge in [0.15, 0.2) is 0 Å². The minimum Gasteiger partial charge on any atom is -0.395 e. The molecule has 0 spiro atoms. The Balaban J connectivity index is 0. The summed E-state index contributed by atoms with van der Waals surface area (Å²) >= 11 is 0. The van der Waals surface area contributed by atoms with Gasteiger partial charge >= 0.3 is 0 Å². The molecule has 4 heteroatoms. The lowest BCUT2D eigenvalue weighted by molar-refractivity contribution is 0.159. The highest BCUT2D eigenvalue weighted by molar-refractivity contribution is 4.60. The molecule has 0 aliphatic heterocycles. The maximum absolute atomic E-state index is 8.90. The summed E-state index contributed by atoms with van der Waals surface area (Å²) in [6.45, 7) is 16.0. The summed E-state index contributed by atoms with van der Waals surface area (Å²) in [5.74, 6) is 0. The van der Waals surface area contributed by atoms with Crippen molar-refractivity contribution < 1.29 is 10.2 Å². The number of unbranched alkanes of at least 4 members (excludes halogenated alkanes) is 22. The summed E-state index contributed by atoms with van der Waals surface area (Å²) in [7, 11) is 0. The van der Waals surface area contributed by atoms with Crippen LogP contribution in [0.2, 0.25) is 0 Å². The summed E-state index contributed by atoms with van der Waals surface area (Å²) in [5.41, 5.74) is 0. The van der Waals surface area contributed by atoms with E-state index in [4.69, 9.17) is 10.2 Å². The molecule has 0 amide bonds. The smallest absolute Gasteiger partial charge is 0.0558 e. The Bertz CT molecular complexity index is 427. The number of hydrogen-bond acceptors (Lipinski definition) is 4. The molecule has 0 aromatic heterocycles. The average Bonchev–Trinajstić information content (AvgIpc) is 2.99. The Kier molecular flexibility index (Phi) is 42.8. The van der Waals surface area contributed by atoms with Crippen LogP contribution in [-0.4, -0.2) is 72.5 Å². The summed E-state index contributed by atoms with van der Waals surface area (Å²) in [6, 6.07) is 0. The largest absolute Gasteiger partial charge is 0.395 e. The van der Waals surface area contributed by atoms with Crippen LogP contribution in [-0.2, 0) is 0 Å². The Morgan fingerprint density at radius 2 is 0.452 bits per heavy atom. The summed E-state index contributed by atoms with van der Waals surface area (Å²) in [4.78, 5) is 4.92. The third kappa shape index (κ3) is 37.9. The molecule has 0 heterocycles. The van der Waals surface area contributed by atoms with Gasteiger partial charge in [-0.05, 0) is 51.9 Å². The fraction of sp³-hybridized carbons (Fsp3) is 1.00. The fourth-order valence-electron chi connectivity index (χ4n) is 5.77. The van der Waals surface area contributed by atoms with Crippen molar-refractivity contribution in [3.8, 4) is 0 Å². The van der Waals surface area contributed by atoms with Gasteiger partial charge in [-0.3, -0.25) is 4.90 Å². The first-order valence-electron chi connectivity index (χ1n) is 19.4. The third-order valence-corrected chi connectivity index (χ3v) is 8.64. The van der Waals surface area contributed by atoms with E-state index < -0.39 is 0 Å². The van der Waals surface area contributed by atoms with Gasteiger partial charge in [-0.15, -0.1) is 0 Å². The van der Waals surface area contributed by atoms with E-state index in [-0.39, 0.29) is 13.2 Å². The van der Waals surface area contributed by atoms with Crippen LogP contribution in [0.5, 0.6) is 0 Å². The minimum absolute atomic E-state index is 0.192. The van der Waals surface area contributed by atoms with Crippen LogP contribution in [0.25, 0.3) is 0 Å². The molecular weight excluding hydrogens is 516 g/mol. The Morgan fingerprint density at radius 1 is 0.262 bits per heavy atom. The van der Waals surface area contributed by atoms with Crippen molar-refractivity contribution in [3.63, 3.8) is 0 Å². The highest BCUT2D eigenvalue weighted by atomic mass is 16.3. The minimum atomic E-state index is 0.192. The van der Waals surface area contributed by atoms with Crippen LogP contribution in [0.15, 0.2) is 0 Å². The quantitative estimate of drug-likeness (QED) is 0.0723. The van der Waals surface area contributed by atoms with Crippen LogP contribution in [0.4, 0.5) is 0 Å². The summed E-state index contributed by atoms with van der Waals surface area (Å²) in [6.07, 6.45) is 36.3. The first-order chi connectivity index (χ1) is 20.7. The first kappa shape index (κ1) is 44.0. The summed E-state index contributed by atoms with van der Waals surface area (Å²) in [5, 5.41) is 17.8. The van der Waals surface area contributed by atoms with Crippen LogP contribution in [0.1, 0.15) is 195 Å². The van der Waals surface area contributed by atoms with Crippen LogP contribution < -0.4 is 0 Å². The lowest BCUT2D eigenvalue weighted by Gasteiger charge is -2.22. The van der Waals surface area contributed by atoms with E-state index in [0.29, 0.717) is 13.1 Å². The lowest BCUT2D eigenvalue weighted by atomic mass is 10.1. The number of aliphatic hydroxyl groups is 2. The van der Waals surface area contributed by atoms with Crippen molar-refractivity contribution in [2.75, 3.05) is 52.5 Å². The van der Waals surface area contributed by atoms with Gasteiger partial charge in [0.05, 0.1) is 13.2 Å². The third-order valence-electron chi connectivity index (χ3n) is 8.64. The van der Waals surface area contributed by atoms with Crippen LogP contribution >= 0.6 is 0 Å². The second-order valence-corrected chi connectivity index (χ2v) is 12.9. The molecule has 0 rings (SSSR count). The normalized spacial score (nSPS) is 11.4. The zero-order valence-electron chi connectivity index (χ0n) is 29.8. The molecule has 0 bridgehead atoms. The number of nitrogens with zero attached hydrogens (tertiary/aromatic N) is 2. The standard InChI is InChI=1S/C22H47N.C16H35NO2/c1-4-7-10-13-15-18-21-23(20-17-12-9-6-3)22-19-16-14-11-8-5-2;1-2-3-4-5-6-7-8-9-10-11-12-17(13-15-18)14-16-19/h4-22H2,1-3H3;18-19H,2-16H2,1H3. The molecule has 4 nitrogen and oxygen atoms in total. The predicted molar refractivity (Wildman–Crippen MR) is 190 cm³/mol. The van der Waals surface area contributed by atoms with Crippen LogP contribution in [0, 0.1) is 0 Å². The first-order valence-corrected chi connectivity index (χ1v) is 19.4.